The van der Waals surface area contributed by atoms with E-state index in [1.54, 1.807) is 0 Å². The molecule has 0 spiro atoms. The summed E-state index contributed by atoms with van der Waals surface area (Å²) >= 11 is 0. The van der Waals surface area contributed by atoms with Crippen LogP contribution in [0.15, 0.2) is 0 Å². The van der Waals surface area contributed by atoms with E-state index in [-0.39, 0.29) is 60.8 Å². The number of rotatable bonds is 12. The maximum absolute atomic E-state index is 12.7. The molecule has 0 aromatic heterocycles. The largest absolute Gasteiger partial charge is 1.00 e. The molecule has 1 saturated heterocycles. The minimum absolute atomic E-state index is 0. The maximum Gasteiger partial charge on any atom is 1.00 e. The number of ether oxygens (including phenoxy) is 3. The molecule has 1 heterocycles. The minimum atomic E-state index is -5.25. The molecular weight excluding hydrogens is 699 g/mol. The van der Waals surface area contributed by atoms with Gasteiger partial charge in [0, 0.05) is 25.4 Å². The van der Waals surface area contributed by atoms with E-state index < -0.39 is 106 Å². The van der Waals surface area contributed by atoms with Crippen molar-refractivity contribution < 1.29 is 96.7 Å². The molecule has 16 heteroatoms. The molecule has 51 heavy (non-hydrogen) atoms. The smallest absolute Gasteiger partial charge is 0.726 e. The van der Waals surface area contributed by atoms with E-state index in [1.807, 2.05) is 20.8 Å². The number of fused-ring (bicyclic) bond motifs is 5. The third-order valence-corrected chi connectivity index (χ3v) is 14.7. The Morgan fingerprint density at radius 2 is 1.51 bits per heavy atom. The van der Waals surface area contributed by atoms with Gasteiger partial charge in [-0.1, -0.05) is 41.0 Å². The molecule has 0 aromatic rings. The van der Waals surface area contributed by atoms with Crippen LogP contribution in [0, 0.1) is 52.3 Å². The van der Waals surface area contributed by atoms with E-state index in [4.69, 9.17) is 18.4 Å². The summed E-state index contributed by atoms with van der Waals surface area (Å²) in [6.07, 6.45) is -6.91. The number of hydrogen-bond donors (Lipinski definition) is 7. The zero-order valence-corrected chi connectivity index (χ0v) is 34.0. The van der Waals surface area contributed by atoms with Gasteiger partial charge in [-0.05, 0) is 78.9 Å². The second-order valence-electron chi connectivity index (χ2n) is 17.1. The first-order valence-electron chi connectivity index (χ1n) is 18.4. The molecule has 0 bridgehead atoms. The SMILES string of the molecule is COC1COC(OCCC(CCC(C)C2C(O)C(O)C3C2(C)CCC2C4(C)CCC(O)C(O)C4C(OS(=O)(=O)[O-])CC23O)C(C)C)C(O)C1O.[Na+]. The monoisotopic (exact) mass is 760 g/mol. The van der Waals surface area contributed by atoms with Crippen LogP contribution >= 0.6 is 0 Å². The van der Waals surface area contributed by atoms with Crippen molar-refractivity contribution in [1.82, 2.24) is 0 Å². The summed E-state index contributed by atoms with van der Waals surface area (Å²) in [5.41, 5.74) is -3.37. The van der Waals surface area contributed by atoms with Gasteiger partial charge in [0.15, 0.2) is 6.29 Å². The van der Waals surface area contributed by atoms with Crippen LogP contribution in [0.5, 0.6) is 0 Å². The molecule has 5 aliphatic rings. The Labute approximate surface area is 324 Å². The molecule has 1 aliphatic heterocycles. The third kappa shape index (κ3) is 8.17. The maximum atomic E-state index is 12.7. The molecule has 4 saturated carbocycles. The molecule has 0 radical (unpaired) electrons. The van der Waals surface area contributed by atoms with Crippen molar-refractivity contribution in [1.29, 1.82) is 0 Å². The van der Waals surface area contributed by atoms with Crippen LogP contribution in [0.4, 0.5) is 0 Å². The Kier molecular flexibility index (Phi) is 14.3. The van der Waals surface area contributed by atoms with Crippen LogP contribution in [0.1, 0.15) is 86.0 Å². The van der Waals surface area contributed by atoms with E-state index in [0.29, 0.717) is 44.6 Å². The molecule has 18 unspecified atom stereocenters. The Bertz CT molecular complexity index is 1280. The molecule has 292 valence electrons. The van der Waals surface area contributed by atoms with Crippen LogP contribution in [0.2, 0.25) is 0 Å². The standard InChI is InChI=1S/C35H62O14S.Na/c1-17(2)19(11-14-47-32-30(41)27(38)22(46-6)16-48-32)8-7-18(3)24-28(39)29(40)31-34(24,5)13-10-23-33(4)12-9-20(36)26(37)25(33)21(15-35(23,31)42)49-50(43,44)45;/h17-32,36-42H,7-16H2,1-6H3,(H,43,44,45);/q;+1/p-1. The Balaban J connectivity index is 0.00000583. The summed E-state index contributed by atoms with van der Waals surface area (Å²) in [6.45, 7) is 10.5. The van der Waals surface area contributed by atoms with Gasteiger partial charge >= 0.3 is 29.6 Å². The van der Waals surface area contributed by atoms with Crippen molar-refractivity contribution in [2.75, 3.05) is 20.3 Å². The fourth-order valence-corrected chi connectivity index (χ4v) is 12.3. The summed E-state index contributed by atoms with van der Waals surface area (Å²) < 4.78 is 57.3. The van der Waals surface area contributed by atoms with Crippen LogP contribution in [-0.4, -0.2) is 130 Å². The van der Waals surface area contributed by atoms with Crippen LogP contribution in [0.25, 0.3) is 0 Å². The number of hydrogen-bond acceptors (Lipinski definition) is 14. The summed E-state index contributed by atoms with van der Waals surface area (Å²) in [7, 11) is -3.81. The molecule has 0 amide bonds. The van der Waals surface area contributed by atoms with Crippen LogP contribution < -0.4 is 29.6 Å². The number of methoxy groups -OCH3 is 1. The summed E-state index contributed by atoms with van der Waals surface area (Å²) in [5, 5.41) is 78.5. The Hall–Kier alpha value is 0.470. The van der Waals surface area contributed by atoms with E-state index in [0.717, 1.165) is 6.42 Å². The third-order valence-electron chi connectivity index (χ3n) is 14.2. The van der Waals surface area contributed by atoms with Crippen molar-refractivity contribution in [2.24, 2.45) is 52.3 Å². The average molecular weight is 761 g/mol. The fourth-order valence-electron chi connectivity index (χ4n) is 11.8. The first kappa shape index (κ1) is 44.2. The first-order chi connectivity index (χ1) is 23.2. The van der Waals surface area contributed by atoms with Gasteiger partial charge in [-0.15, -0.1) is 0 Å². The van der Waals surface area contributed by atoms with Gasteiger partial charge in [-0.25, -0.2) is 8.42 Å². The zero-order valence-electron chi connectivity index (χ0n) is 31.2. The van der Waals surface area contributed by atoms with E-state index >= 15 is 0 Å². The van der Waals surface area contributed by atoms with Gasteiger partial charge in [-0.3, -0.25) is 4.18 Å². The van der Waals surface area contributed by atoms with Crippen molar-refractivity contribution >= 4 is 10.4 Å². The fraction of sp³-hybridized carbons (Fsp3) is 1.00. The number of aliphatic hydroxyl groups is 7. The van der Waals surface area contributed by atoms with Gasteiger partial charge < -0.3 is 54.5 Å². The summed E-state index contributed by atoms with van der Waals surface area (Å²) in [4.78, 5) is 0. The molecule has 4 aliphatic carbocycles. The van der Waals surface area contributed by atoms with Crippen molar-refractivity contribution in [3.05, 3.63) is 0 Å². The van der Waals surface area contributed by atoms with Gasteiger partial charge in [-0.2, -0.15) is 0 Å². The average Bonchev–Trinajstić information content (AvgIpc) is 3.22. The predicted octanol–water partition coefficient (Wildman–Crippen LogP) is -2.32. The molecule has 0 aromatic carbocycles. The minimum Gasteiger partial charge on any atom is -0.726 e. The topological polar surface area (TPSA) is 236 Å². The summed E-state index contributed by atoms with van der Waals surface area (Å²) in [6, 6.07) is 0. The molecule has 7 N–H and O–H groups in total. The van der Waals surface area contributed by atoms with Gasteiger partial charge in [0.1, 0.15) is 18.3 Å². The molecule has 5 fully saturated rings. The van der Waals surface area contributed by atoms with Gasteiger partial charge in [0.2, 0.25) is 10.4 Å². The molecule has 14 nitrogen and oxygen atoms in total. The van der Waals surface area contributed by atoms with Crippen molar-refractivity contribution in [3.63, 3.8) is 0 Å². The predicted molar refractivity (Wildman–Crippen MR) is 177 cm³/mol. The first-order valence-corrected chi connectivity index (χ1v) is 19.8. The molecular formula is C35H61NaO14S. The quantitative estimate of drug-likeness (QED) is 0.0629. The van der Waals surface area contributed by atoms with Crippen molar-refractivity contribution in [3.8, 4) is 0 Å². The van der Waals surface area contributed by atoms with Gasteiger partial charge in [0.25, 0.3) is 0 Å². The molecule has 5 rings (SSSR count). The second kappa shape index (κ2) is 16.5. The molecule has 18 atom stereocenters. The number of aliphatic hydroxyl groups excluding tert-OH is 6. The van der Waals surface area contributed by atoms with E-state index in [1.165, 1.54) is 7.11 Å². The summed E-state index contributed by atoms with van der Waals surface area (Å²) in [5.74, 6) is -2.26. The van der Waals surface area contributed by atoms with Gasteiger partial charge in [0.05, 0.1) is 49.3 Å². The Morgan fingerprint density at radius 1 is 0.863 bits per heavy atom. The van der Waals surface area contributed by atoms with Crippen LogP contribution in [-0.2, 0) is 28.8 Å². The Morgan fingerprint density at radius 3 is 2.12 bits per heavy atom. The van der Waals surface area contributed by atoms with Crippen molar-refractivity contribution in [2.45, 2.75) is 147 Å². The van der Waals surface area contributed by atoms with E-state index in [9.17, 15) is 48.7 Å². The van der Waals surface area contributed by atoms with E-state index in [2.05, 4.69) is 13.8 Å². The normalized spacial score (nSPS) is 48.3. The second-order valence-corrected chi connectivity index (χ2v) is 18.1. The van der Waals surface area contributed by atoms with Crippen LogP contribution in [0.3, 0.4) is 0 Å². The zero-order chi connectivity index (χ0) is 37.1.